The number of hydrogen-bond donors (Lipinski definition) is 2. The Hall–Kier alpha value is -3.12. The zero-order valence-corrected chi connectivity index (χ0v) is 16.1. The number of nitrogens with one attached hydrogen (secondary N) is 2. The van der Waals surface area contributed by atoms with E-state index < -0.39 is 0 Å². The van der Waals surface area contributed by atoms with Gasteiger partial charge in [0.25, 0.3) is 5.91 Å². The molecule has 4 rings (SSSR count). The second-order valence-electron chi connectivity index (χ2n) is 6.79. The topological polar surface area (TPSA) is 76.0 Å². The Balaban J connectivity index is 1.55. The summed E-state index contributed by atoms with van der Waals surface area (Å²) >= 11 is 6.06. The van der Waals surface area contributed by atoms with Crippen molar-refractivity contribution in [2.75, 3.05) is 10.6 Å². The summed E-state index contributed by atoms with van der Waals surface area (Å²) in [6.45, 7) is 1.88. The molecule has 28 heavy (non-hydrogen) atoms. The molecule has 0 fully saturated rings. The van der Waals surface area contributed by atoms with Gasteiger partial charge in [-0.15, -0.1) is 0 Å². The highest BCUT2D eigenvalue weighted by Gasteiger charge is 2.16. The van der Waals surface area contributed by atoms with Gasteiger partial charge in [0, 0.05) is 28.5 Å². The minimum Gasteiger partial charge on any atom is -0.326 e. The van der Waals surface area contributed by atoms with Crippen molar-refractivity contribution in [3.63, 3.8) is 0 Å². The average Bonchev–Trinajstić information content (AvgIpc) is 2.95. The van der Waals surface area contributed by atoms with Crippen LogP contribution in [0.3, 0.4) is 0 Å². The number of carbonyl (C=O) groups is 2. The second-order valence-corrected chi connectivity index (χ2v) is 7.23. The maximum Gasteiger partial charge on any atom is 0.276 e. The zero-order chi connectivity index (χ0) is 19.7. The van der Waals surface area contributed by atoms with Crippen LogP contribution in [0.2, 0.25) is 5.02 Å². The number of aryl methyl sites for hydroxylation is 2. The summed E-state index contributed by atoms with van der Waals surface area (Å²) in [7, 11) is 0. The highest BCUT2D eigenvalue weighted by molar-refractivity contribution is 6.30. The monoisotopic (exact) mass is 394 g/mol. The summed E-state index contributed by atoms with van der Waals surface area (Å²) < 4.78 is 1.69. The van der Waals surface area contributed by atoms with Gasteiger partial charge in [0.1, 0.15) is 0 Å². The van der Waals surface area contributed by atoms with E-state index in [0.717, 1.165) is 35.5 Å². The van der Waals surface area contributed by atoms with Crippen LogP contribution in [-0.4, -0.2) is 21.6 Å². The lowest BCUT2D eigenvalue weighted by Crippen LogP contribution is -2.14. The first-order valence-corrected chi connectivity index (χ1v) is 9.44. The maximum absolute atomic E-state index is 12.7. The Morgan fingerprint density at radius 2 is 2.04 bits per heavy atom. The van der Waals surface area contributed by atoms with Gasteiger partial charge in [0.05, 0.1) is 5.69 Å². The number of carbonyl (C=O) groups excluding carboxylic acids is 2. The molecule has 3 aromatic rings. The van der Waals surface area contributed by atoms with E-state index in [1.165, 1.54) is 0 Å². The van der Waals surface area contributed by atoms with Crippen molar-refractivity contribution in [3.8, 4) is 5.69 Å². The number of fused-ring (bicyclic) bond motifs is 1. The Morgan fingerprint density at radius 3 is 2.86 bits per heavy atom. The summed E-state index contributed by atoms with van der Waals surface area (Å²) in [4.78, 5) is 24.3. The molecule has 0 unspecified atom stereocenters. The molecular weight excluding hydrogens is 376 g/mol. The molecule has 0 radical (unpaired) electrons. The lowest BCUT2D eigenvalue weighted by molar-refractivity contribution is -0.116. The predicted molar refractivity (Wildman–Crippen MR) is 109 cm³/mol. The van der Waals surface area contributed by atoms with Gasteiger partial charge in [-0.2, -0.15) is 5.10 Å². The van der Waals surface area contributed by atoms with Gasteiger partial charge in [0.2, 0.25) is 5.91 Å². The lowest BCUT2D eigenvalue weighted by Gasteiger charge is -2.10. The fourth-order valence-corrected chi connectivity index (χ4v) is 3.49. The molecule has 1 aliphatic rings. The Labute approximate surface area is 167 Å². The fourth-order valence-electron chi connectivity index (χ4n) is 3.30. The largest absolute Gasteiger partial charge is 0.326 e. The first-order chi connectivity index (χ1) is 13.5. The molecule has 2 N–H and O–H groups in total. The van der Waals surface area contributed by atoms with Gasteiger partial charge in [-0.3, -0.25) is 9.59 Å². The van der Waals surface area contributed by atoms with Crippen molar-refractivity contribution < 1.29 is 9.59 Å². The summed E-state index contributed by atoms with van der Waals surface area (Å²) in [5.41, 5.74) is 4.45. The number of anilines is 2. The average molecular weight is 395 g/mol. The van der Waals surface area contributed by atoms with E-state index in [0.29, 0.717) is 22.8 Å². The third-order valence-electron chi connectivity index (χ3n) is 4.66. The minimum absolute atomic E-state index is 0.0255. The van der Waals surface area contributed by atoms with Crippen LogP contribution in [0.15, 0.2) is 48.5 Å². The number of benzene rings is 2. The van der Waals surface area contributed by atoms with E-state index in [-0.39, 0.29) is 11.8 Å². The first-order valence-electron chi connectivity index (χ1n) is 9.06. The van der Waals surface area contributed by atoms with Crippen LogP contribution >= 0.6 is 11.6 Å². The number of rotatable bonds is 3. The standard InChI is InChI=1S/C21H19ClN4O2/c1-13-10-19(25-26(13)17-6-3-5-15(22)12-17)21(28)23-16-8-9-18-14(11-16)4-2-7-20(27)24-18/h3,5-6,8-12H,2,4,7H2,1H3,(H,23,28)(H,24,27). The van der Waals surface area contributed by atoms with Gasteiger partial charge in [-0.1, -0.05) is 17.7 Å². The molecule has 6 nitrogen and oxygen atoms in total. The summed E-state index contributed by atoms with van der Waals surface area (Å²) in [6.07, 6.45) is 2.09. The van der Waals surface area contributed by atoms with E-state index in [9.17, 15) is 9.59 Å². The molecule has 1 aliphatic heterocycles. The third-order valence-corrected chi connectivity index (χ3v) is 4.90. The molecule has 142 valence electrons. The van der Waals surface area contributed by atoms with Gasteiger partial charge < -0.3 is 10.6 Å². The van der Waals surface area contributed by atoms with Gasteiger partial charge >= 0.3 is 0 Å². The molecule has 7 heteroatoms. The highest BCUT2D eigenvalue weighted by Crippen LogP contribution is 2.26. The summed E-state index contributed by atoms with van der Waals surface area (Å²) in [5, 5.41) is 10.8. The Kier molecular flexibility index (Phi) is 4.88. The van der Waals surface area contributed by atoms with Crippen LogP contribution in [0.1, 0.15) is 34.6 Å². The predicted octanol–water partition coefficient (Wildman–Crippen LogP) is 4.36. The quantitative estimate of drug-likeness (QED) is 0.692. The van der Waals surface area contributed by atoms with Gasteiger partial charge in [-0.05, 0) is 67.8 Å². The highest BCUT2D eigenvalue weighted by atomic mass is 35.5. The van der Waals surface area contributed by atoms with Crippen LogP contribution in [0, 0.1) is 6.92 Å². The number of hydrogen-bond acceptors (Lipinski definition) is 3. The van der Waals surface area contributed by atoms with E-state index in [1.54, 1.807) is 28.9 Å². The molecule has 0 saturated carbocycles. The maximum atomic E-state index is 12.7. The molecule has 0 bridgehead atoms. The summed E-state index contributed by atoms with van der Waals surface area (Å²) in [5.74, 6) is -0.265. The van der Waals surface area contributed by atoms with Crippen molar-refractivity contribution in [2.24, 2.45) is 0 Å². The fraction of sp³-hybridized carbons (Fsp3) is 0.190. The SMILES string of the molecule is Cc1cc(C(=O)Nc2ccc3c(c2)CCCC(=O)N3)nn1-c1cccc(Cl)c1. The van der Waals surface area contributed by atoms with Crippen molar-refractivity contribution in [1.82, 2.24) is 9.78 Å². The van der Waals surface area contributed by atoms with E-state index in [4.69, 9.17) is 11.6 Å². The van der Waals surface area contributed by atoms with Crippen molar-refractivity contribution in [3.05, 3.63) is 70.5 Å². The van der Waals surface area contributed by atoms with Crippen LogP contribution in [-0.2, 0) is 11.2 Å². The Bertz CT molecular complexity index is 1070. The zero-order valence-electron chi connectivity index (χ0n) is 15.3. The van der Waals surface area contributed by atoms with Crippen LogP contribution in [0.25, 0.3) is 5.69 Å². The van der Waals surface area contributed by atoms with Crippen LogP contribution in [0.5, 0.6) is 0 Å². The van der Waals surface area contributed by atoms with Gasteiger partial charge in [-0.25, -0.2) is 4.68 Å². The number of nitrogens with zero attached hydrogens (tertiary/aromatic N) is 2. The van der Waals surface area contributed by atoms with E-state index in [2.05, 4.69) is 15.7 Å². The number of halogens is 1. The van der Waals surface area contributed by atoms with Crippen LogP contribution < -0.4 is 10.6 Å². The van der Waals surface area contributed by atoms with E-state index >= 15 is 0 Å². The molecule has 0 saturated heterocycles. The Morgan fingerprint density at radius 1 is 1.18 bits per heavy atom. The summed E-state index contributed by atoms with van der Waals surface area (Å²) in [6, 6.07) is 14.6. The molecular formula is C21H19ClN4O2. The number of aromatic nitrogens is 2. The molecule has 2 amide bonds. The smallest absolute Gasteiger partial charge is 0.276 e. The normalized spacial score (nSPS) is 13.4. The van der Waals surface area contributed by atoms with Gasteiger partial charge in [0.15, 0.2) is 5.69 Å². The lowest BCUT2D eigenvalue weighted by atomic mass is 10.1. The number of amides is 2. The second kappa shape index (κ2) is 7.48. The van der Waals surface area contributed by atoms with Crippen molar-refractivity contribution >= 4 is 34.8 Å². The van der Waals surface area contributed by atoms with E-state index in [1.807, 2.05) is 31.2 Å². The molecule has 0 aliphatic carbocycles. The molecule has 1 aromatic heterocycles. The third kappa shape index (κ3) is 3.77. The first kappa shape index (κ1) is 18.3. The minimum atomic E-state index is -0.290. The molecule has 0 spiro atoms. The molecule has 2 aromatic carbocycles. The molecule has 2 heterocycles. The molecule has 0 atom stereocenters. The van der Waals surface area contributed by atoms with Crippen molar-refractivity contribution in [2.45, 2.75) is 26.2 Å². The van der Waals surface area contributed by atoms with Crippen molar-refractivity contribution in [1.29, 1.82) is 0 Å². The van der Waals surface area contributed by atoms with Crippen LogP contribution in [0.4, 0.5) is 11.4 Å².